The molecule has 260 valence electrons. The van der Waals surface area contributed by atoms with Crippen molar-refractivity contribution < 1.29 is 45.1 Å². The lowest BCUT2D eigenvalue weighted by Crippen LogP contribution is -2.25. The molecule has 5 rings (SSSR count). The average molecular weight is 730 g/mol. The number of carbonyl (C=O) groups is 1. The summed E-state index contributed by atoms with van der Waals surface area (Å²) in [5.41, 5.74) is 0.898. The fraction of sp³-hybridized carbons (Fsp3) is 0.455. The number of hydrogen-bond donors (Lipinski definition) is 0. The van der Waals surface area contributed by atoms with Gasteiger partial charge in [-0.05, 0) is 93.1 Å². The van der Waals surface area contributed by atoms with Gasteiger partial charge in [-0.15, -0.1) is 0 Å². The van der Waals surface area contributed by atoms with Crippen LogP contribution in [0.4, 0.5) is 8.78 Å². The third-order valence-electron chi connectivity index (χ3n) is 7.67. The topological polar surface area (TPSA) is 113 Å². The molecule has 48 heavy (non-hydrogen) atoms. The van der Waals surface area contributed by atoms with Crippen LogP contribution in [0, 0.1) is 11.8 Å². The Morgan fingerprint density at radius 1 is 0.917 bits per heavy atom. The molecule has 1 aromatic heterocycles. The fourth-order valence-electron chi connectivity index (χ4n) is 4.55. The number of nitrogens with zero attached hydrogens (tertiary/aromatic N) is 2. The second-order valence-corrected chi connectivity index (χ2v) is 14.6. The molecule has 2 saturated carbocycles. The SMILES string of the molecule is CN(C)CCS(=O)(=O)Oc1ccc(C(=O)O[C@@H](Cc2c(Cl)cncc2Cl)c2ccc(OC(F)F)c(OCC3CC3)c2)cc1OCC1CC1. The van der Waals surface area contributed by atoms with E-state index in [0.29, 0.717) is 36.2 Å². The van der Waals surface area contributed by atoms with Crippen LogP contribution in [0.15, 0.2) is 48.8 Å². The zero-order valence-electron chi connectivity index (χ0n) is 26.4. The summed E-state index contributed by atoms with van der Waals surface area (Å²) in [5.74, 6) is -0.452. The summed E-state index contributed by atoms with van der Waals surface area (Å²) in [5, 5.41) is 0.471. The van der Waals surface area contributed by atoms with E-state index < -0.39 is 28.8 Å². The summed E-state index contributed by atoms with van der Waals surface area (Å²) >= 11 is 12.8. The normalized spacial score (nSPS) is 15.3. The number of rotatable bonds is 18. The highest BCUT2D eigenvalue weighted by atomic mass is 35.5. The van der Waals surface area contributed by atoms with Crippen molar-refractivity contribution in [3.63, 3.8) is 0 Å². The highest BCUT2D eigenvalue weighted by Crippen LogP contribution is 2.39. The zero-order chi connectivity index (χ0) is 34.4. The molecule has 0 radical (unpaired) electrons. The van der Waals surface area contributed by atoms with Gasteiger partial charge in [-0.25, -0.2) is 4.79 Å². The van der Waals surface area contributed by atoms with Crippen molar-refractivity contribution in [1.29, 1.82) is 0 Å². The van der Waals surface area contributed by atoms with E-state index in [2.05, 4.69) is 9.72 Å². The number of benzene rings is 2. The number of halogens is 4. The third kappa shape index (κ3) is 10.6. The predicted molar refractivity (Wildman–Crippen MR) is 175 cm³/mol. The molecule has 10 nitrogen and oxygen atoms in total. The van der Waals surface area contributed by atoms with E-state index in [-0.39, 0.29) is 57.3 Å². The number of hydrogen-bond acceptors (Lipinski definition) is 10. The first-order valence-corrected chi connectivity index (χ1v) is 17.7. The average Bonchev–Trinajstić information content (AvgIpc) is 3.96. The minimum atomic E-state index is -3.96. The van der Waals surface area contributed by atoms with E-state index >= 15 is 0 Å². The number of esters is 1. The van der Waals surface area contributed by atoms with Crippen LogP contribution >= 0.6 is 23.2 Å². The first-order valence-electron chi connectivity index (χ1n) is 15.4. The van der Waals surface area contributed by atoms with E-state index in [0.717, 1.165) is 25.7 Å². The quantitative estimate of drug-likeness (QED) is 0.100. The van der Waals surface area contributed by atoms with Crippen molar-refractivity contribution in [2.75, 3.05) is 39.6 Å². The minimum Gasteiger partial charge on any atom is -0.489 e. The Balaban J connectivity index is 1.44. The molecule has 0 N–H and O–H groups in total. The van der Waals surface area contributed by atoms with Crippen molar-refractivity contribution in [3.8, 4) is 23.0 Å². The number of alkyl halides is 2. The van der Waals surface area contributed by atoms with Crippen LogP contribution in [0.3, 0.4) is 0 Å². The van der Waals surface area contributed by atoms with Crippen LogP contribution in [0.1, 0.15) is 53.3 Å². The van der Waals surface area contributed by atoms with Crippen molar-refractivity contribution in [1.82, 2.24) is 9.88 Å². The Labute approximate surface area is 288 Å². The van der Waals surface area contributed by atoms with Crippen LogP contribution in [0.5, 0.6) is 23.0 Å². The van der Waals surface area contributed by atoms with Gasteiger partial charge in [0.25, 0.3) is 0 Å². The number of pyridine rings is 1. The fourth-order valence-corrected chi connectivity index (χ4v) is 6.15. The number of carbonyl (C=O) groups excluding carboxylic acids is 1. The minimum absolute atomic E-state index is 0.000602. The maximum atomic E-state index is 13.7. The van der Waals surface area contributed by atoms with E-state index in [9.17, 15) is 22.0 Å². The summed E-state index contributed by atoms with van der Waals surface area (Å²) in [6.07, 6.45) is 5.68. The lowest BCUT2D eigenvalue weighted by molar-refractivity contribution is -0.0515. The van der Waals surface area contributed by atoms with Gasteiger partial charge in [0, 0.05) is 25.4 Å². The standard InChI is InChI=1S/C33H36Cl2F2N2O8S/c1-39(2)11-12-48(41,42)47-28-10-8-23(14-31(28)44-19-21-5-6-21)32(40)45-29(15-24-25(34)16-38-17-26(24)35)22-7-9-27(46-33(36)37)30(13-22)43-18-20-3-4-20/h7-10,13-14,16-17,20-21,29,33H,3-6,11-12,15,18-19H2,1-2H3/t29-/m0/s1. The molecular formula is C33H36Cl2F2N2O8S. The Morgan fingerprint density at radius 3 is 2.10 bits per heavy atom. The molecule has 0 saturated heterocycles. The summed E-state index contributed by atoms with van der Waals surface area (Å²) < 4.78 is 79.6. The highest BCUT2D eigenvalue weighted by Gasteiger charge is 2.28. The molecule has 3 aromatic rings. The molecule has 2 aromatic carbocycles. The van der Waals surface area contributed by atoms with Gasteiger partial charge < -0.3 is 28.0 Å². The maximum absolute atomic E-state index is 13.7. The Bertz CT molecular complexity index is 1680. The molecular weight excluding hydrogens is 693 g/mol. The van der Waals surface area contributed by atoms with Crippen molar-refractivity contribution in [2.24, 2.45) is 11.8 Å². The van der Waals surface area contributed by atoms with Crippen molar-refractivity contribution in [2.45, 2.75) is 44.8 Å². The third-order valence-corrected chi connectivity index (χ3v) is 9.44. The second kappa shape index (κ2) is 15.9. The Morgan fingerprint density at radius 2 is 1.52 bits per heavy atom. The smallest absolute Gasteiger partial charge is 0.387 e. The van der Waals surface area contributed by atoms with Gasteiger partial charge in [-0.3, -0.25) is 4.98 Å². The Kier molecular flexibility index (Phi) is 11.9. The van der Waals surface area contributed by atoms with Crippen molar-refractivity contribution >= 4 is 39.3 Å². The van der Waals surface area contributed by atoms with Crippen molar-refractivity contribution in [3.05, 3.63) is 75.5 Å². The summed E-state index contributed by atoms with van der Waals surface area (Å²) in [6, 6.07) is 8.39. The zero-order valence-corrected chi connectivity index (χ0v) is 28.7. The summed E-state index contributed by atoms with van der Waals surface area (Å²) in [7, 11) is -0.470. The van der Waals surface area contributed by atoms with Gasteiger partial charge in [-0.1, -0.05) is 29.3 Å². The molecule has 0 spiro atoms. The number of ether oxygens (including phenoxy) is 4. The first kappa shape index (κ1) is 35.9. The van der Waals surface area contributed by atoms with E-state index in [1.165, 1.54) is 48.8 Å². The first-order chi connectivity index (χ1) is 22.9. The Hall–Kier alpha value is -3.39. The molecule has 1 atom stereocenters. The second-order valence-electron chi connectivity index (χ2n) is 12.1. The van der Waals surface area contributed by atoms with E-state index in [1.807, 2.05) is 0 Å². The van der Waals surface area contributed by atoms with Crippen LogP contribution in [-0.2, 0) is 21.3 Å². The van der Waals surface area contributed by atoms with Crippen LogP contribution in [0.2, 0.25) is 10.0 Å². The van der Waals surface area contributed by atoms with Gasteiger partial charge >= 0.3 is 22.7 Å². The van der Waals surface area contributed by atoms with Gasteiger partial charge in [-0.2, -0.15) is 17.2 Å². The number of aromatic nitrogens is 1. The van der Waals surface area contributed by atoms with Crippen LogP contribution in [0.25, 0.3) is 0 Å². The predicted octanol–water partition coefficient (Wildman–Crippen LogP) is 6.98. The van der Waals surface area contributed by atoms with E-state index in [1.54, 1.807) is 19.0 Å². The highest BCUT2D eigenvalue weighted by molar-refractivity contribution is 7.87. The molecule has 0 bridgehead atoms. The van der Waals surface area contributed by atoms with Crippen LogP contribution in [-0.4, -0.2) is 70.5 Å². The van der Waals surface area contributed by atoms with Gasteiger partial charge in [0.1, 0.15) is 6.10 Å². The molecule has 0 aliphatic heterocycles. The molecule has 1 heterocycles. The monoisotopic (exact) mass is 728 g/mol. The van der Waals surface area contributed by atoms with Crippen LogP contribution < -0.4 is 18.4 Å². The van der Waals surface area contributed by atoms with E-state index in [4.69, 9.17) is 41.6 Å². The molecule has 2 aliphatic rings. The molecule has 2 fully saturated rings. The molecule has 0 unspecified atom stereocenters. The lowest BCUT2D eigenvalue weighted by Gasteiger charge is -2.22. The largest absolute Gasteiger partial charge is 0.489 e. The van der Waals surface area contributed by atoms with Gasteiger partial charge in [0.2, 0.25) is 0 Å². The molecule has 0 amide bonds. The molecule has 2 aliphatic carbocycles. The van der Waals surface area contributed by atoms with Gasteiger partial charge in [0.15, 0.2) is 23.0 Å². The lowest BCUT2D eigenvalue weighted by atomic mass is 10.0. The van der Waals surface area contributed by atoms with Gasteiger partial charge in [0.05, 0.1) is 34.6 Å². The summed E-state index contributed by atoms with van der Waals surface area (Å²) in [4.78, 5) is 19.4. The maximum Gasteiger partial charge on any atom is 0.387 e. The summed E-state index contributed by atoms with van der Waals surface area (Å²) in [6.45, 7) is -2.18. The molecule has 15 heteroatoms.